The number of hydrogen-bond acceptors (Lipinski definition) is 4. The summed E-state index contributed by atoms with van der Waals surface area (Å²) in [6.45, 7) is 4.25. The number of amides is 3. The zero-order chi connectivity index (χ0) is 18.7. The lowest BCUT2D eigenvalue weighted by atomic mass is 10.1. The van der Waals surface area contributed by atoms with Crippen LogP contribution in [0.25, 0.3) is 0 Å². The summed E-state index contributed by atoms with van der Waals surface area (Å²) in [5, 5.41) is 2.77. The number of fused-ring (bicyclic) bond motifs is 1. The molecule has 0 atom stereocenters. The van der Waals surface area contributed by atoms with Crippen LogP contribution in [0.15, 0.2) is 42.5 Å². The zero-order valence-electron chi connectivity index (χ0n) is 14.7. The molecule has 2 aromatic carbocycles. The van der Waals surface area contributed by atoms with Crippen molar-refractivity contribution < 1.29 is 19.1 Å². The Morgan fingerprint density at radius 2 is 1.81 bits per heavy atom. The highest BCUT2D eigenvalue weighted by atomic mass is 16.5. The van der Waals surface area contributed by atoms with Crippen molar-refractivity contribution in [1.82, 2.24) is 4.90 Å². The highest BCUT2D eigenvalue weighted by Gasteiger charge is 2.35. The third-order valence-electron chi connectivity index (χ3n) is 4.15. The largest absolute Gasteiger partial charge is 0.492 e. The molecule has 0 saturated carbocycles. The van der Waals surface area contributed by atoms with Crippen molar-refractivity contribution in [3.8, 4) is 5.75 Å². The molecule has 0 spiro atoms. The number of benzene rings is 2. The minimum Gasteiger partial charge on any atom is -0.492 e. The Hall–Kier alpha value is -3.15. The summed E-state index contributed by atoms with van der Waals surface area (Å²) in [5.74, 6) is -0.409. The average molecular weight is 352 g/mol. The van der Waals surface area contributed by atoms with Gasteiger partial charge in [0.15, 0.2) is 0 Å². The van der Waals surface area contributed by atoms with Gasteiger partial charge in [-0.1, -0.05) is 23.8 Å². The third kappa shape index (κ3) is 3.44. The van der Waals surface area contributed by atoms with Crippen LogP contribution in [0, 0.1) is 6.92 Å². The molecule has 3 amide bonds. The summed E-state index contributed by atoms with van der Waals surface area (Å²) < 4.78 is 5.47. The van der Waals surface area contributed by atoms with E-state index < -0.39 is 0 Å². The van der Waals surface area contributed by atoms with E-state index in [0.29, 0.717) is 29.2 Å². The standard InChI is InChI=1S/C20H20N2O4/c1-3-26-17-7-5-4-6-16(17)21-18(23)10-11-22-19(24)14-9-8-13(2)12-15(14)20(22)25/h4-9,12H,3,10-11H2,1-2H3,(H,21,23). The number of anilines is 1. The fourth-order valence-electron chi connectivity index (χ4n) is 2.88. The van der Waals surface area contributed by atoms with Gasteiger partial charge in [-0.15, -0.1) is 0 Å². The maximum absolute atomic E-state index is 12.4. The quantitative estimate of drug-likeness (QED) is 0.811. The minimum absolute atomic E-state index is 0.0188. The molecule has 0 saturated heterocycles. The topological polar surface area (TPSA) is 75.7 Å². The van der Waals surface area contributed by atoms with Crippen LogP contribution in [0.1, 0.15) is 39.6 Å². The summed E-state index contributed by atoms with van der Waals surface area (Å²) in [6, 6.07) is 12.3. The van der Waals surface area contributed by atoms with Gasteiger partial charge >= 0.3 is 0 Å². The second kappa shape index (κ2) is 7.39. The van der Waals surface area contributed by atoms with Gasteiger partial charge in [-0.2, -0.15) is 0 Å². The van der Waals surface area contributed by atoms with E-state index >= 15 is 0 Å². The smallest absolute Gasteiger partial charge is 0.261 e. The molecular weight excluding hydrogens is 332 g/mol. The average Bonchev–Trinajstić information content (AvgIpc) is 2.85. The summed E-state index contributed by atoms with van der Waals surface area (Å²) in [6.07, 6.45) is 0.0188. The third-order valence-corrected chi connectivity index (χ3v) is 4.15. The molecule has 0 aromatic heterocycles. The number of para-hydroxylation sites is 2. The van der Waals surface area contributed by atoms with Crippen LogP contribution in [0.4, 0.5) is 5.69 Å². The van der Waals surface area contributed by atoms with Gasteiger partial charge in [0.05, 0.1) is 23.4 Å². The van der Waals surface area contributed by atoms with E-state index in [-0.39, 0.29) is 30.7 Å². The Kier molecular flexibility index (Phi) is 5.02. The summed E-state index contributed by atoms with van der Waals surface area (Å²) >= 11 is 0. The molecule has 2 aromatic rings. The zero-order valence-corrected chi connectivity index (χ0v) is 14.7. The molecule has 1 N–H and O–H groups in total. The van der Waals surface area contributed by atoms with E-state index in [1.807, 2.05) is 19.9 Å². The monoisotopic (exact) mass is 352 g/mol. The van der Waals surface area contributed by atoms with Crippen LogP contribution < -0.4 is 10.1 Å². The first-order valence-corrected chi connectivity index (χ1v) is 8.49. The molecule has 0 fully saturated rings. The van der Waals surface area contributed by atoms with Crippen molar-refractivity contribution in [2.45, 2.75) is 20.3 Å². The number of imide groups is 1. The summed E-state index contributed by atoms with van der Waals surface area (Å²) in [4.78, 5) is 38.2. The van der Waals surface area contributed by atoms with Crippen molar-refractivity contribution in [2.24, 2.45) is 0 Å². The Morgan fingerprint density at radius 3 is 2.58 bits per heavy atom. The van der Waals surface area contributed by atoms with Crippen LogP contribution in [0.3, 0.4) is 0 Å². The van der Waals surface area contributed by atoms with Crippen molar-refractivity contribution in [1.29, 1.82) is 0 Å². The van der Waals surface area contributed by atoms with Gasteiger partial charge in [0, 0.05) is 13.0 Å². The van der Waals surface area contributed by atoms with Crippen molar-refractivity contribution in [3.63, 3.8) is 0 Å². The molecule has 3 rings (SSSR count). The number of carbonyl (C=O) groups is 3. The van der Waals surface area contributed by atoms with Crippen LogP contribution in [0.2, 0.25) is 0 Å². The Bertz CT molecular complexity index is 876. The van der Waals surface area contributed by atoms with Crippen LogP contribution in [0.5, 0.6) is 5.75 Å². The second-order valence-electron chi connectivity index (χ2n) is 6.04. The van der Waals surface area contributed by atoms with E-state index in [4.69, 9.17) is 4.74 Å². The van der Waals surface area contributed by atoms with Gasteiger partial charge in [0.2, 0.25) is 5.91 Å². The van der Waals surface area contributed by atoms with Gasteiger partial charge in [0.1, 0.15) is 5.75 Å². The van der Waals surface area contributed by atoms with E-state index in [2.05, 4.69) is 5.32 Å². The fourth-order valence-corrected chi connectivity index (χ4v) is 2.88. The van der Waals surface area contributed by atoms with E-state index in [0.717, 1.165) is 10.5 Å². The van der Waals surface area contributed by atoms with Gasteiger partial charge in [0.25, 0.3) is 11.8 Å². The summed E-state index contributed by atoms with van der Waals surface area (Å²) in [7, 11) is 0. The van der Waals surface area contributed by atoms with Crippen molar-refractivity contribution >= 4 is 23.4 Å². The highest BCUT2D eigenvalue weighted by Crippen LogP contribution is 2.25. The Balaban J connectivity index is 1.64. The van der Waals surface area contributed by atoms with E-state index in [9.17, 15) is 14.4 Å². The number of aryl methyl sites for hydroxylation is 1. The highest BCUT2D eigenvalue weighted by molar-refractivity contribution is 6.21. The van der Waals surface area contributed by atoms with E-state index in [1.54, 1.807) is 36.4 Å². The van der Waals surface area contributed by atoms with Crippen LogP contribution in [-0.2, 0) is 4.79 Å². The Morgan fingerprint density at radius 1 is 1.08 bits per heavy atom. The summed E-state index contributed by atoms with van der Waals surface area (Å²) in [5.41, 5.74) is 2.27. The number of carbonyl (C=O) groups excluding carboxylic acids is 3. The van der Waals surface area contributed by atoms with Crippen molar-refractivity contribution in [3.05, 3.63) is 59.2 Å². The molecule has 0 aliphatic carbocycles. The maximum Gasteiger partial charge on any atom is 0.261 e. The second-order valence-corrected chi connectivity index (χ2v) is 6.04. The first kappa shape index (κ1) is 17.7. The predicted octanol–water partition coefficient (Wildman–Crippen LogP) is 3.02. The lowest BCUT2D eigenvalue weighted by Gasteiger charge is -2.14. The Labute approximate surface area is 151 Å². The van der Waals surface area contributed by atoms with Crippen molar-refractivity contribution in [2.75, 3.05) is 18.5 Å². The van der Waals surface area contributed by atoms with Gasteiger partial charge < -0.3 is 10.1 Å². The molecule has 6 heteroatoms. The minimum atomic E-state index is -0.354. The van der Waals surface area contributed by atoms with Gasteiger partial charge in [-0.05, 0) is 38.1 Å². The van der Waals surface area contributed by atoms with Gasteiger partial charge in [-0.25, -0.2) is 0 Å². The first-order chi connectivity index (χ1) is 12.5. The molecule has 1 aliphatic heterocycles. The first-order valence-electron chi connectivity index (χ1n) is 8.49. The molecule has 1 heterocycles. The maximum atomic E-state index is 12.4. The lowest BCUT2D eigenvalue weighted by molar-refractivity contribution is -0.116. The molecule has 134 valence electrons. The molecule has 6 nitrogen and oxygen atoms in total. The number of ether oxygens (including phenoxy) is 1. The molecule has 0 unspecified atom stereocenters. The number of nitrogens with zero attached hydrogens (tertiary/aromatic N) is 1. The number of nitrogens with one attached hydrogen (secondary N) is 1. The van der Waals surface area contributed by atoms with Crippen LogP contribution >= 0.6 is 0 Å². The van der Waals surface area contributed by atoms with Crippen LogP contribution in [-0.4, -0.2) is 35.8 Å². The number of hydrogen-bond donors (Lipinski definition) is 1. The number of rotatable bonds is 6. The molecular formula is C20H20N2O4. The molecule has 0 radical (unpaired) electrons. The predicted molar refractivity (Wildman–Crippen MR) is 97.4 cm³/mol. The van der Waals surface area contributed by atoms with Gasteiger partial charge in [-0.3, -0.25) is 19.3 Å². The van der Waals surface area contributed by atoms with E-state index in [1.165, 1.54) is 0 Å². The molecule has 26 heavy (non-hydrogen) atoms. The fraction of sp³-hybridized carbons (Fsp3) is 0.250. The molecule has 1 aliphatic rings. The lowest BCUT2D eigenvalue weighted by Crippen LogP contribution is -2.32. The normalized spacial score (nSPS) is 12.9. The molecule has 0 bridgehead atoms. The SMILES string of the molecule is CCOc1ccccc1NC(=O)CCN1C(=O)c2ccc(C)cc2C1=O.